The second kappa shape index (κ2) is 12.4. The van der Waals surface area contributed by atoms with Crippen molar-refractivity contribution in [3.63, 3.8) is 0 Å². The van der Waals surface area contributed by atoms with Gasteiger partial charge in [0.25, 0.3) is 5.91 Å². The minimum absolute atomic E-state index is 0.0851. The van der Waals surface area contributed by atoms with Gasteiger partial charge in [0, 0.05) is 17.6 Å². The van der Waals surface area contributed by atoms with Crippen LogP contribution in [0.2, 0.25) is 5.02 Å². The zero-order valence-electron chi connectivity index (χ0n) is 19.3. The van der Waals surface area contributed by atoms with Gasteiger partial charge in [-0.3, -0.25) is 9.59 Å². The van der Waals surface area contributed by atoms with Crippen molar-refractivity contribution in [3.8, 4) is 5.75 Å². The number of halogens is 2. The molecule has 1 N–H and O–H groups in total. The van der Waals surface area contributed by atoms with E-state index in [1.807, 2.05) is 38.1 Å². The number of carbonyl (C=O) groups is 2. The Morgan fingerprint density at radius 3 is 2.61 bits per heavy atom. The van der Waals surface area contributed by atoms with Crippen LogP contribution in [-0.4, -0.2) is 35.4 Å². The normalized spacial score (nSPS) is 15.0. The highest BCUT2D eigenvalue weighted by Gasteiger charge is 2.30. The molecule has 2 aromatic rings. The molecular formula is C26H32BrClN2O3. The summed E-state index contributed by atoms with van der Waals surface area (Å²) in [5.74, 6) is 0.213. The van der Waals surface area contributed by atoms with Gasteiger partial charge in [-0.15, -0.1) is 0 Å². The molecule has 33 heavy (non-hydrogen) atoms. The lowest BCUT2D eigenvalue weighted by molar-refractivity contribution is -0.143. The smallest absolute Gasteiger partial charge is 0.261 e. The summed E-state index contributed by atoms with van der Waals surface area (Å²) < 4.78 is 6.47. The Hall–Kier alpha value is -2.05. The van der Waals surface area contributed by atoms with E-state index in [-0.39, 0.29) is 24.5 Å². The molecule has 0 heterocycles. The van der Waals surface area contributed by atoms with Crippen molar-refractivity contribution in [2.45, 2.75) is 71.0 Å². The molecule has 7 heteroatoms. The standard InChI is InChI=1S/C26H32BrClN2O3/c1-3-23(26(32)29-21-10-5-4-6-11-21)30(16-19-9-7-8-18(2)14-19)25(31)17-33-24-13-12-20(28)15-22(24)27/h7-9,12-15,21,23H,3-6,10-11,16-17H2,1-2H3,(H,29,32). The first kappa shape index (κ1) is 25.6. The molecule has 1 saturated carbocycles. The van der Waals surface area contributed by atoms with Crippen molar-refractivity contribution in [2.24, 2.45) is 0 Å². The van der Waals surface area contributed by atoms with Crippen molar-refractivity contribution in [1.29, 1.82) is 0 Å². The number of ether oxygens (including phenoxy) is 1. The van der Waals surface area contributed by atoms with E-state index in [4.69, 9.17) is 16.3 Å². The highest BCUT2D eigenvalue weighted by molar-refractivity contribution is 9.10. The third-order valence-corrected chi connectivity index (χ3v) is 6.87. The quantitative estimate of drug-likeness (QED) is 0.425. The first-order valence-corrected chi connectivity index (χ1v) is 12.8. The van der Waals surface area contributed by atoms with Crippen LogP contribution in [0.25, 0.3) is 0 Å². The van der Waals surface area contributed by atoms with Crippen LogP contribution in [0.4, 0.5) is 0 Å². The second-order valence-corrected chi connectivity index (χ2v) is 9.93. The van der Waals surface area contributed by atoms with E-state index in [2.05, 4.69) is 21.2 Å². The van der Waals surface area contributed by atoms with Gasteiger partial charge in [0.2, 0.25) is 5.91 Å². The van der Waals surface area contributed by atoms with Crippen LogP contribution in [0, 0.1) is 6.92 Å². The number of nitrogens with zero attached hydrogens (tertiary/aromatic N) is 1. The summed E-state index contributed by atoms with van der Waals surface area (Å²) in [6.07, 6.45) is 6.03. The summed E-state index contributed by atoms with van der Waals surface area (Å²) in [5.41, 5.74) is 2.10. The van der Waals surface area contributed by atoms with Gasteiger partial charge in [0.15, 0.2) is 6.61 Å². The third-order valence-electron chi connectivity index (χ3n) is 6.02. The van der Waals surface area contributed by atoms with Crippen molar-refractivity contribution in [2.75, 3.05) is 6.61 Å². The number of hydrogen-bond acceptors (Lipinski definition) is 3. The maximum atomic E-state index is 13.4. The number of amides is 2. The monoisotopic (exact) mass is 534 g/mol. The van der Waals surface area contributed by atoms with E-state index < -0.39 is 6.04 Å². The van der Waals surface area contributed by atoms with E-state index in [9.17, 15) is 9.59 Å². The summed E-state index contributed by atoms with van der Waals surface area (Å²) in [4.78, 5) is 28.3. The molecule has 1 atom stereocenters. The molecule has 5 nitrogen and oxygen atoms in total. The van der Waals surface area contributed by atoms with Crippen LogP contribution in [0.5, 0.6) is 5.75 Å². The molecule has 1 aliphatic carbocycles. The average Bonchev–Trinajstić information content (AvgIpc) is 2.79. The molecule has 0 saturated heterocycles. The second-order valence-electron chi connectivity index (χ2n) is 8.64. The van der Waals surface area contributed by atoms with Gasteiger partial charge in [-0.25, -0.2) is 0 Å². The van der Waals surface area contributed by atoms with Crippen LogP contribution in [0.15, 0.2) is 46.9 Å². The highest BCUT2D eigenvalue weighted by atomic mass is 79.9. The summed E-state index contributed by atoms with van der Waals surface area (Å²) in [6, 6.07) is 12.8. The minimum Gasteiger partial charge on any atom is -0.483 e. The topological polar surface area (TPSA) is 58.6 Å². The van der Waals surface area contributed by atoms with Gasteiger partial charge in [0.1, 0.15) is 11.8 Å². The molecular weight excluding hydrogens is 504 g/mol. The largest absolute Gasteiger partial charge is 0.483 e. The summed E-state index contributed by atoms with van der Waals surface area (Å²) in [7, 11) is 0. The average molecular weight is 536 g/mol. The van der Waals surface area contributed by atoms with Gasteiger partial charge >= 0.3 is 0 Å². The van der Waals surface area contributed by atoms with Crippen LogP contribution in [0.3, 0.4) is 0 Å². The Morgan fingerprint density at radius 2 is 1.94 bits per heavy atom. The lowest BCUT2D eigenvalue weighted by Crippen LogP contribution is -2.52. The van der Waals surface area contributed by atoms with Crippen molar-refractivity contribution in [1.82, 2.24) is 10.2 Å². The molecule has 0 aliphatic heterocycles. The predicted octanol–water partition coefficient (Wildman–Crippen LogP) is 6.05. The molecule has 0 radical (unpaired) electrons. The number of carbonyl (C=O) groups excluding carboxylic acids is 2. The molecule has 2 aromatic carbocycles. The maximum absolute atomic E-state index is 13.4. The van der Waals surface area contributed by atoms with Crippen LogP contribution in [-0.2, 0) is 16.1 Å². The molecule has 2 amide bonds. The number of rotatable bonds is 9. The Labute approximate surface area is 210 Å². The zero-order valence-corrected chi connectivity index (χ0v) is 21.6. The van der Waals surface area contributed by atoms with Crippen LogP contribution >= 0.6 is 27.5 Å². The van der Waals surface area contributed by atoms with E-state index >= 15 is 0 Å². The summed E-state index contributed by atoms with van der Waals surface area (Å²) in [6.45, 7) is 4.14. The third kappa shape index (κ3) is 7.47. The van der Waals surface area contributed by atoms with Gasteiger partial charge in [-0.2, -0.15) is 0 Å². The van der Waals surface area contributed by atoms with Crippen LogP contribution in [0.1, 0.15) is 56.6 Å². The summed E-state index contributed by atoms with van der Waals surface area (Å²) >= 11 is 9.42. The van der Waals surface area contributed by atoms with Gasteiger partial charge in [-0.05, 0) is 65.9 Å². The fourth-order valence-electron chi connectivity index (χ4n) is 4.29. The number of aryl methyl sites for hydroxylation is 1. The molecule has 1 fully saturated rings. The van der Waals surface area contributed by atoms with Gasteiger partial charge in [0.05, 0.1) is 4.47 Å². The Balaban J connectivity index is 1.77. The lowest BCUT2D eigenvalue weighted by Gasteiger charge is -2.32. The van der Waals surface area contributed by atoms with E-state index in [1.165, 1.54) is 6.42 Å². The number of benzene rings is 2. The van der Waals surface area contributed by atoms with Crippen molar-refractivity contribution in [3.05, 3.63) is 63.1 Å². The SMILES string of the molecule is CCC(C(=O)NC1CCCCC1)N(Cc1cccc(C)c1)C(=O)COc1ccc(Cl)cc1Br. The molecule has 0 aromatic heterocycles. The molecule has 1 aliphatic rings. The minimum atomic E-state index is -0.558. The Morgan fingerprint density at radius 1 is 1.18 bits per heavy atom. The van der Waals surface area contributed by atoms with Crippen molar-refractivity contribution >= 4 is 39.3 Å². The fraction of sp³-hybridized carbons (Fsp3) is 0.462. The highest BCUT2D eigenvalue weighted by Crippen LogP contribution is 2.28. The fourth-order valence-corrected chi connectivity index (χ4v) is 5.08. The predicted molar refractivity (Wildman–Crippen MR) is 135 cm³/mol. The lowest BCUT2D eigenvalue weighted by atomic mass is 9.95. The first-order valence-electron chi connectivity index (χ1n) is 11.6. The maximum Gasteiger partial charge on any atom is 0.261 e. The van der Waals surface area contributed by atoms with E-state index in [0.29, 0.717) is 28.2 Å². The van der Waals surface area contributed by atoms with E-state index in [0.717, 1.165) is 36.8 Å². The van der Waals surface area contributed by atoms with Crippen LogP contribution < -0.4 is 10.1 Å². The molecule has 3 rings (SSSR count). The van der Waals surface area contributed by atoms with Crippen molar-refractivity contribution < 1.29 is 14.3 Å². The van der Waals surface area contributed by atoms with E-state index in [1.54, 1.807) is 23.1 Å². The first-order chi connectivity index (χ1) is 15.9. The Bertz CT molecular complexity index is 962. The molecule has 1 unspecified atom stereocenters. The summed E-state index contributed by atoms with van der Waals surface area (Å²) in [5, 5.41) is 3.77. The molecule has 0 bridgehead atoms. The number of hydrogen-bond donors (Lipinski definition) is 1. The van der Waals surface area contributed by atoms with Gasteiger partial charge < -0.3 is 15.0 Å². The molecule has 0 spiro atoms. The zero-order chi connectivity index (χ0) is 23.8. The number of nitrogens with one attached hydrogen (secondary N) is 1. The van der Waals surface area contributed by atoms with Gasteiger partial charge in [-0.1, -0.05) is 67.6 Å². The Kier molecular flexibility index (Phi) is 9.63. The molecule has 178 valence electrons.